The smallest absolute Gasteiger partial charge is 0.282 e. The van der Waals surface area contributed by atoms with Crippen molar-refractivity contribution in [1.29, 1.82) is 0 Å². The van der Waals surface area contributed by atoms with Crippen LogP contribution in [0.3, 0.4) is 0 Å². The number of amides is 3. The molecule has 1 N–H and O–H groups in total. The number of nitro benzene ring substituents is 1. The van der Waals surface area contributed by atoms with Crippen LogP contribution in [0.5, 0.6) is 0 Å². The Morgan fingerprint density at radius 3 is 2.57 bits per heavy atom. The van der Waals surface area contributed by atoms with Gasteiger partial charge >= 0.3 is 0 Å². The van der Waals surface area contributed by atoms with E-state index in [1.54, 1.807) is 0 Å². The fourth-order valence-electron chi connectivity index (χ4n) is 5.27. The molecule has 0 radical (unpaired) electrons. The van der Waals surface area contributed by atoms with Gasteiger partial charge in [-0.25, -0.2) is 0 Å². The highest BCUT2D eigenvalue weighted by Crippen LogP contribution is 2.49. The zero-order valence-electron chi connectivity index (χ0n) is 15.9. The highest BCUT2D eigenvalue weighted by molar-refractivity contribution is 6.24. The van der Waals surface area contributed by atoms with E-state index in [4.69, 9.17) is 0 Å². The average Bonchev–Trinajstić information content (AvgIpc) is 3.35. The Balaban J connectivity index is 1.50. The van der Waals surface area contributed by atoms with Crippen LogP contribution >= 0.6 is 0 Å². The van der Waals surface area contributed by atoms with E-state index in [0.29, 0.717) is 11.8 Å². The molecule has 0 unspecified atom stereocenters. The third kappa shape index (κ3) is 2.78. The normalized spacial score (nSPS) is 27.6. The van der Waals surface area contributed by atoms with Gasteiger partial charge in [-0.1, -0.05) is 12.5 Å². The molecule has 0 aromatic heterocycles. The summed E-state index contributed by atoms with van der Waals surface area (Å²) in [6.07, 6.45) is 4.81. The Morgan fingerprint density at radius 1 is 1.21 bits per heavy atom. The molecule has 2 bridgehead atoms. The number of rotatable bonds is 5. The summed E-state index contributed by atoms with van der Waals surface area (Å²) >= 11 is 0. The Labute approximate surface area is 162 Å². The quantitative estimate of drug-likeness (QED) is 0.476. The zero-order valence-corrected chi connectivity index (χ0v) is 15.9. The van der Waals surface area contributed by atoms with Crippen LogP contribution in [0.15, 0.2) is 18.2 Å². The molecule has 2 fully saturated rings. The lowest BCUT2D eigenvalue weighted by atomic mass is 9.84. The lowest BCUT2D eigenvalue weighted by Crippen LogP contribution is -2.51. The molecule has 1 aromatic carbocycles. The third-order valence-electron chi connectivity index (χ3n) is 6.69. The van der Waals surface area contributed by atoms with Gasteiger partial charge in [-0.05, 0) is 56.9 Å². The minimum atomic E-state index is -1.03. The highest BCUT2D eigenvalue weighted by Gasteiger charge is 2.46. The van der Waals surface area contributed by atoms with E-state index in [-0.39, 0.29) is 17.2 Å². The van der Waals surface area contributed by atoms with Crippen molar-refractivity contribution in [3.8, 4) is 0 Å². The van der Waals surface area contributed by atoms with Crippen molar-refractivity contribution in [3.63, 3.8) is 0 Å². The van der Waals surface area contributed by atoms with Gasteiger partial charge in [-0.2, -0.15) is 0 Å². The number of hydrogen-bond acceptors (Lipinski definition) is 5. The van der Waals surface area contributed by atoms with Crippen LogP contribution in [0.2, 0.25) is 0 Å². The van der Waals surface area contributed by atoms with Crippen molar-refractivity contribution in [2.45, 2.75) is 51.6 Å². The van der Waals surface area contributed by atoms with Gasteiger partial charge in [-0.3, -0.25) is 29.4 Å². The van der Waals surface area contributed by atoms with Crippen molar-refractivity contribution in [3.05, 3.63) is 39.4 Å². The SMILES string of the molecule is C[C@H](NC(=O)[C@H](C)N1C(=O)c2cccc([N+](=O)[O-])c2C1=O)[C@H]1C[C@H]2CC[C@H]1C2. The zero-order chi connectivity index (χ0) is 20.2. The van der Waals surface area contributed by atoms with Crippen LogP contribution in [-0.2, 0) is 4.79 Å². The fraction of sp³-hybridized carbons (Fsp3) is 0.550. The molecule has 4 rings (SSSR count). The lowest BCUT2D eigenvalue weighted by molar-refractivity contribution is -0.385. The third-order valence-corrected chi connectivity index (χ3v) is 6.69. The Hall–Kier alpha value is -2.77. The number of nitrogens with one attached hydrogen (secondary N) is 1. The number of nitro groups is 1. The standard InChI is InChI=1S/C20H23N3O5/c1-10(15-9-12-6-7-13(15)8-12)21-18(24)11(2)22-19(25)14-4-3-5-16(23(27)28)17(14)20(22)26/h3-5,10-13,15H,6-9H2,1-2H3,(H,21,24)/t10-,11-,12-,13-,15+/m0/s1. The fourth-order valence-corrected chi connectivity index (χ4v) is 5.27. The summed E-state index contributed by atoms with van der Waals surface area (Å²) in [6.45, 7) is 3.46. The van der Waals surface area contributed by atoms with Gasteiger partial charge in [0.05, 0.1) is 10.5 Å². The van der Waals surface area contributed by atoms with E-state index in [0.717, 1.165) is 17.2 Å². The monoisotopic (exact) mass is 385 g/mol. The van der Waals surface area contributed by atoms with Gasteiger partial charge in [0.15, 0.2) is 0 Å². The minimum Gasteiger partial charge on any atom is -0.352 e. The van der Waals surface area contributed by atoms with Crippen molar-refractivity contribution in [2.24, 2.45) is 17.8 Å². The van der Waals surface area contributed by atoms with Gasteiger partial charge in [0.25, 0.3) is 17.5 Å². The summed E-state index contributed by atoms with van der Waals surface area (Å²) in [5.74, 6) is -0.0480. The molecule has 28 heavy (non-hydrogen) atoms. The molecular formula is C20H23N3O5. The summed E-state index contributed by atoms with van der Waals surface area (Å²) in [6, 6.07) is 2.87. The van der Waals surface area contributed by atoms with Gasteiger partial charge in [0.2, 0.25) is 5.91 Å². The average molecular weight is 385 g/mol. The van der Waals surface area contributed by atoms with Crippen LogP contribution in [0.25, 0.3) is 0 Å². The molecule has 2 saturated carbocycles. The van der Waals surface area contributed by atoms with Crippen LogP contribution in [0.4, 0.5) is 5.69 Å². The number of hydrogen-bond donors (Lipinski definition) is 1. The molecular weight excluding hydrogens is 362 g/mol. The first-order valence-electron chi connectivity index (χ1n) is 9.75. The minimum absolute atomic E-state index is 0.0278. The van der Waals surface area contributed by atoms with Gasteiger partial charge < -0.3 is 5.32 Å². The molecule has 1 heterocycles. The Morgan fingerprint density at radius 2 is 1.96 bits per heavy atom. The van der Waals surface area contributed by atoms with E-state index in [9.17, 15) is 24.5 Å². The summed E-state index contributed by atoms with van der Waals surface area (Å²) in [4.78, 5) is 49.6. The summed E-state index contributed by atoms with van der Waals surface area (Å²) in [7, 11) is 0. The number of carbonyl (C=O) groups excluding carboxylic acids is 3. The predicted molar refractivity (Wildman–Crippen MR) is 99.6 cm³/mol. The molecule has 0 saturated heterocycles. The van der Waals surface area contributed by atoms with Gasteiger partial charge in [0.1, 0.15) is 11.6 Å². The van der Waals surface area contributed by atoms with Gasteiger partial charge in [0, 0.05) is 12.1 Å². The Kier molecular flexibility index (Phi) is 4.44. The number of carbonyl (C=O) groups is 3. The number of fused-ring (bicyclic) bond motifs is 3. The van der Waals surface area contributed by atoms with Gasteiger partial charge in [-0.15, -0.1) is 0 Å². The molecule has 3 aliphatic rings. The van der Waals surface area contributed by atoms with Crippen LogP contribution in [0.1, 0.15) is 60.2 Å². The molecule has 148 valence electrons. The molecule has 1 aromatic rings. The molecule has 1 aliphatic heterocycles. The van der Waals surface area contributed by atoms with Crippen LogP contribution in [-0.4, -0.2) is 39.6 Å². The maximum atomic E-state index is 12.8. The number of imide groups is 1. The molecule has 8 heteroatoms. The van der Waals surface area contributed by atoms with Crippen LogP contribution in [0, 0.1) is 27.9 Å². The molecule has 0 spiro atoms. The number of nitrogens with zero attached hydrogens (tertiary/aromatic N) is 2. The number of benzene rings is 1. The lowest BCUT2D eigenvalue weighted by Gasteiger charge is -2.30. The van der Waals surface area contributed by atoms with E-state index in [2.05, 4.69) is 5.32 Å². The van der Waals surface area contributed by atoms with E-state index in [1.807, 2.05) is 6.92 Å². The first-order chi connectivity index (χ1) is 13.3. The maximum absolute atomic E-state index is 12.8. The van der Waals surface area contributed by atoms with E-state index in [1.165, 1.54) is 44.4 Å². The summed E-state index contributed by atoms with van der Waals surface area (Å²) in [5, 5.41) is 14.2. The molecule has 5 atom stereocenters. The second kappa shape index (κ2) is 6.68. The largest absolute Gasteiger partial charge is 0.352 e. The summed E-state index contributed by atoms with van der Waals surface area (Å²) < 4.78 is 0. The van der Waals surface area contributed by atoms with Crippen LogP contribution < -0.4 is 5.32 Å². The van der Waals surface area contributed by atoms with Crippen molar-refractivity contribution in [2.75, 3.05) is 0 Å². The summed E-state index contributed by atoms with van der Waals surface area (Å²) in [5.41, 5.74) is -0.681. The molecule has 2 aliphatic carbocycles. The van der Waals surface area contributed by atoms with Crippen molar-refractivity contribution >= 4 is 23.4 Å². The highest BCUT2D eigenvalue weighted by atomic mass is 16.6. The molecule has 3 amide bonds. The second-order valence-electron chi connectivity index (χ2n) is 8.25. The first kappa shape index (κ1) is 18.6. The van der Waals surface area contributed by atoms with Crippen molar-refractivity contribution < 1.29 is 19.3 Å². The first-order valence-corrected chi connectivity index (χ1v) is 9.75. The second-order valence-corrected chi connectivity index (χ2v) is 8.25. The predicted octanol–water partition coefficient (Wildman–Crippen LogP) is 2.52. The maximum Gasteiger partial charge on any atom is 0.282 e. The van der Waals surface area contributed by atoms with Crippen molar-refractivity contribution in [1.82, 2.24) is 10.2 Å². The van der Waals surface area contributed by atoms with E-state index >= 15 is 0 Å². The Bertz CT molecular complexity index is 883. The topological polar surface area (TPSA) is 110 Å². The molecule has 8 nitrogen and oxygen atoms in total. The van der Waals surface area contributed by atoms with E-state index < -0.39 is 34.4 Å².